The number of amides is 2. The average Bonchev–Trinajstić information content (AvgIpc) is 3.46. The topological polar surface area (TPSA) is 186 Å². The molecule has 4 rings (SSSR count). The average molecular weight is 539 g/mol. The molecule has 15 heteroatoms. The Morgan fingerprint density at radius 1 is 1.31 bits per heavy atom. The Balaban J connectivity index is 1.56. The first-order chi connectivity index (χ1) is 16.9. The zero-order valence-electron chi connectivity index (χ0n) is 19.8. The van der Waals surface area contributed by atoms with Gasteiger partial charge >= 0.3 is 11.9 Å². The van der Waals surface area contributed by atoms with E-state index in [9.17, 15) is 24.3 Å². The zero-order valence-corrected chi connectivity index (χ0v) is 21.5. The molecule has 2 atom stereocenters. The predicted octanol–water partition coefficient (Wildman–Crippen LogP) is 0.864. The minimum absolute atomic E-state index is 0.0817. The van der Waals surface area contributed by atoms with Crippen molar-refractivity contribution < 1.29 is 33.9 Å². The SMILES string of the molecule is CC(C)(C)OC(=O)C1(ON=C(C(=O)NC2C(=O)N3C(C(=O)O)=CCS[C@H]23)c2nsc(N)n2)CCCC1. The number of thioether (sulfide) groups is 1. The number of esters is 1. The first-order valence-corrected chi connectivity index (χ1v) is 13.0. The van der Waals surface area contributed by atoms with Crippen LogP contribution in [-0.4, -0.2) is 77.2 Å². The number of nitrogens with zero attached hydrogens (tertiary/aromatic N) is 4. The number of hydrogen-bond donors (Lipinski definition) is 3. The van der Waals surface area contributed by atoms with Crippen LogP contribution in [0, 0.1) is 0 Å². The van der Waals surface area contributed by atoms with Crippen molar-refractivity contribution in [3.63, 3.8) is 0 Å². The van der Waals surface area contributed by atoms with Gasteiger partial charge in [0.25, 0.3) is 11.8 Å². The van der Waals surface area contributed by atoms with E-state index in [1.165, 1.54) is 17.8 Å². The summed E-state index contributed by atoms with van der Waals surface area (Å²) in [7, 11) is 0. The van der Waals surface area contributed by atoms with E-state index in [1.54, 1.807) is 20.8 Å². The molecule has 1 unspecified atom stereocenters. The van der Waals surface area contributed by atoms with Crippen molar-refractivity contribution in [1.82, 2.24) is 19.6 Å². The third-order valence-electron chi connectivity index (χ3n) is 5.71. The Kier molecular flexibility index (Phi) is 6.96. The first kappa shape index (κ1) is 25.9. The van der Waals surface area contributed by atoms with Gasteiger partial charge in [-0.25, -0.2) is 9.59 Å². The second kappa shape index (κ2) is 9.69. The zero-order chi connectivity index (χ0) is 26.3. The van der Waals surface area contributed by atoms with Gasteiger partial charge in [-0.1, -0.05) is 5.16 Å². The molecule has 194 valence electrons. The quantitative estimate of drug-likeness (QED) is 0.193. The fourth-order valence-electron chi connectivity index (χ4n) is 4.05. The van der Waals surface area contributed by atoms with Gasteiger partial charge in [0.1, 0.15) is 22.7 Å². The number of carboxylic acids is 1. The molecule has 1 saturated carbocycles. The smallest absolute Gasteiger partial charge is 0.353 e. The molecular formula is C21H26N6O7S2. The van der Waals surface area contributed by atoms with Crippen LogP contribution in [0.1, 0.15) is 52.3 Å². The lowest BCUT2D eigenvalue weighted by Crippen LogP contribution is -2.70. The fraction of sp³-hybridized carbons (Fsp3) is 0.571. The molecule has 0 aromatic carbocycles. The van der Waals surface area contributed by atoms with Crippen molar-refractivity contribution in [3.8, 4) is 0 Å². The van der Waals surface area contributed by atoms with E-state index >= 15 is 0 Å². The van der Waals surface area contributed by atoms with Crippen LogP contribution in [0.3, 0.4) is 0 Å². The number of anilines is 1. The van der Waals surface area contributed by atoms with Gasteiger partial charge in [0, 0.05) is 30.1 Å². The molecule has 1 aromatic heterocycles. The second-order valence-electron chi connectivity index (χ2n) is 9.47. The number of carbonyl (C=O) groups excluding carboxylic acids is 3. The monoisotopic (exact) mass is 538 g/mol. The van der Waals surface area contributed by atoms with E-state index < -0.39 is 46.4 Å². The summed E-state index contributed by atoms with van der Waals surface area (Å²) in [4.78, 5) is 61.1. The summed E-state index contributed by atoms with van der Waals surface area (Å²) in [5, 5.41) is 15.4. The summed E-state index contributed by atoms with van der Waals surface area (Å²) < 4.78 is 9.56. The lowest BCUT2D eigenvalue weighted by molar-refractivity contribution is -0.183. The van der Waals surface area contributed by atoms with Gasteiger partial charge in [0.05, 0.1) is 0 Å². The maximum absolute atomic E-state index is 13.2. The van der Waals surface area contributed by atoms with Crippen molar-refractivity contribution in [2.75, 3.05) is 11.5 Å². The highest BCUT2D eigenvalue weighted by Crippen LogP contribution is 2.38. The molecule has 0 spiro atoms. The molecule has 1 saturated heterocycles. The van der Waals surface area contributed by atoms with E-state index in [2.05, 4.69) is 19.8 Å². The normalized spacial score (nSPS) is 23.3. The summed E-state index contributed by atoms with van der Waals surface area (Å²) >= 11 is 2.15. The van der Waals surface area contributed by atoms with Crippen molar-refractivity contribution in [3.05, 3.63) is 17.6 Å². The number of β-lactam (4-membered cyclic amide) rings is 1. The van der Waals surface area contributed by atoms with E-state index in [-0.39, 0.29) is 22.4 Å². The molecule has 0 radical (unpaired) electrons. The van der Waals surface area contributed by atoms with Gasteiger partial charge in [-0.2, -0.15) is 9.36 Å². The van der Waals surface area contributed by atoms with Gasteiger partial charge in [-0.05, 0) is 39.7 Å². The Labute approximate surface area is 214 Å². The molecule has 36 heavy (non-hydrogen) atoms. The molecule has 2 amide bonds. The van der Waals surface area contributed by atoms with Crippen molar-refractivity contribution >= 4 is 57.9 Å². The highest BCUT2D eigenvalue weighted by molar-refractivity contribution is 8.00. The van der Waals surface area contributed by atoms with Crippen LogP contribution in [0.4, 0.5) is 5.13 Å². The van der Waals surface area contributed by atoms with Crippen LogP contribution < -0.4 is 11.1 Å². The molecule has 0 bridgehead atoms. The van der Waals surface area contributed by atoms with Gasteiger partial charge in [-0.3, -0.25) is 14.5 Å². The Hall–Kier alpha value is -3.20. The molecule has 3 aliphatic rings. The molecule has 2 fully saturated rings. The highest BCUT2D eigenvalue weighted by atomic mass is 32.2. The summed E-state index contributed by atoms with van der Waals surface area (Å²) in [6.07, 6.45) is 3.57. The lowest BCUT2D eigenvalue weighted by atomic mass is 10.0. The Morgan fingerprint density at radius 3 is 2.58 bits per heavy atom. The minimum Gasteiger partial charge on any atom is -0.477 e. The van der Waals surface area contributed by atoms with Gasteiger partial charge in [-0.15, -0.1) is 11.8 Å². The summed E-state index contributed by atoms with van der Waals surface area (Å²) in [5.74, 6) is -2.96. The van der Waals surface area contributed by atoms with Crippen LogP contribution in [-0.2, 0) is 28.8 Å². The van der Waals surface area contributed by atoms with E-state index in [4.69, 9.17) is 15.3 Å². The number of hydrogen-bond acceptors (Lipinski definition) is 12. The second-order valence-corrected chi connectivity index (χ2v) is 11.4. The number of nitrogens with one attached hydrogen (secondary N) is 1. The van der Waals surface area contributed by atoms with Gasteiger partial charge in [0.15, 0.2) is 5.13 Å². The minimum atomic E-state index is -1.37. The van der Waals surface area contributed by atoms with E-state index in [1.807, 2.05) is 0 Å². The Bertz CT molecular complexity index is 1150. The summed E-state index contributed by atoms with van der Waals surface area (Å²) in [6, 6.07) is -0.988. The number of aliphatic carboxylic acids is 1. The molecular weight excluding hydrogens is 512 g/mol. The number of nitrogen functional groups attached to an aromatic ring is 1. The van der Waals surface area contributed by atoms with E-state index in [0.717, 1.165) is 16.4 Å². The number of ether oxygens (including phenoxy) is 1. The number of oxime groups is 1. The number of aromatic nitrogens is 2. The third-order valence-corrected chi connectivity index (χ3v) is 7.44. The molecule has 1 aliphatic carbocycles. The van der Waals surface area contributed by atoms with E-state index in [0.29, 0.717) is 31.4 Å². The van der Waals surface area contributed by atoms with Crippen molar-refractivity contribution in [2.45, 2.75) is 69.1 Å². The fourth-order valence-corrected chi connectivity index (χ4v) is 5.68. The maximum Gasteiger partial charge on any atom is 0.353 e. The van der Waals surface area contributed by atoms with Gasteiger partial charge < -0.3 is 25.7 Å². The molecule has 13 nitrogen and oxygen atoms in total. The standard InChI is InChI=1S/C21H26N6O7S2/c1-20(2,3)33-18(32)21(7-4-5-8-21)34-25-11(13-24-19(22)36-26-13)14(28)23-12-15(29)27-10(17(30)31)6-9-35-16(12)27/h6,12,16H,4-5,7-9H2,1-3H3,(H,23,28)(H,30,31)(H2,22,24,26)/t12?,16-/m1/s1. The Morgan fingerprint density at radius 2 is 2.00 bits per heavy atom. The maximum atomic E-state index is 13.2. The van der Waals surface area contributed by atoms with Crippen LogP contribution >= 0.6 is 23.3 Å². The van der Waals surface area contributed by atoms with Crippen molar-refractivity contribution in [2.24, 2.45) is 5.16 Å². The molecule has 2 aliphatic heterocycles. The largest absolute Gasteiger partial charge is 0.477 e. The van der Waals surface area contributed by atoms with Crippen LogP contribution in [0.15, 0.2) is 16.9 Å². The summed E-state index contributed by atoms with van der Waals surface area (Å²) in [6.45, 7) is 5.22. The number of nitrogens with two attached hydrogens (primary N) is 1. The van der Waals surface area contributed by atoms with Crippen LogP contribution in [0.5, 0.6) is 0 Å². The number of carbonyl (C=O) groups is 4. The lowest BCUT2D eigenvalue weighted by Gasteiger charge is -2.48. The van der Waals surface area contributed by atoms with Gasteiger partial charge in [0.2, 0.25) is 17.1 Å². The number of rotatable bonds is 7. The number of fused-ring (bicyclic) bond motifs is 1. The molecule has 3 heterocycles. The number of carboxylic acid groups (broad SMARTS) is 1. The third kappa shape index (κ3) is 5.02. The van der Waals surface area contributed by atoms with Crippen LogP contribution in [0.25, 0.3) is 0 Å². The highest BCUT2D eigenvalue weighted by Gasteiger charge is 2.53. The van der Waals surface area contributed by atoms with Crippen LogP contribution in [0.2, 0.25) is 0 Å². The summed E-state index contributed by atoms with van der Waals surface area (Å²) in [5.41, 5.74) is 3.08. The first-order valence-electron chi connectivity index (χ1n) is 11.2. The predicted molar refractivity (Wildman–Crippen MR) is 130 cm³/mol. The molecule has 4 N–H and O–H groups in total. The van der Waals surface area contributed by atoms with Crippen molar-refractivity contribution in [1.29, 1.82) is 0 Å². The molecule has 1 aromatic rings.